The lowest BCUT2D eigenvalue weighted by Gasteiger charge is -2.14. The van der Waals surface area contributed by atoms with Crippen molar-refractivity contribution < 1.29 is 21.8 Å². The summed E-state index contributed by atoms with van der Waals surface area (Å²) in [7, 11) is -4.89. The van der Waals surface area contributed by atoms with E-state index in [-0.39, 0.29) is 30.6 Å². The standard InChI is InChI=1S/C25H21Cl2FN6O4S/c26-19-8-7-15(10-20(19)27)22-21(33-24(30)34-23(22)29)13-38-17-5-1-3-14(9-17)12-31-25(35)32-16-4-2-6-18(11-16)39(28,36)37/h1-11H,12-13H2,(H2,31,32,35)(H4,29,30,33,34). The summed E-state index contributed by atoms with van der Waals surface area (Å²) in [6.45, 7) is 0.115. The van der Waals surface area contributed by atoms with Crippen molar-refractivity contribution in [2.45, 2.75) is 18.0 Å². The second-order valence-electron chi connectivity index (χ2n) is 8.13. The Morgan fingerprint density at radius 1 is 0.974 bits per heavy atom. The zero-order valence-electron chi connectivity index (χ0n) is 20.0. The molecule has 0 aliphatic heterocycles. The Labute approximate surface area is 233 Å². The lowest BCUT2D eigenvalue weighted by molar-refractivity contribution is 0.251. The first-order valence-corrected chi connectivity index (χ1v) is 13.3. The first-order valence-electron chi connectivity index (χ1n) is 11.2. The van der Waals surface area contributed by atoms with Gasteiger partial charge in [0.05, 0.1) is 15.7 Å². The number of halogens is 3. The monoisotopic (exact) mass is 590 g/mol. The van der Waals surface area contributed by atoms with Gasteiger partial charge in [-0.2, -0.15) is 13.4 Å². The molecule has 202 valence electrons. The first kappa shape index (κ1) is 27.9. The molecule has 6 N–H and O–H groups in total. The van der Waals surface area contributed by atoms with Crippen LogP contribution in [0.5, 0.6) is 5.75 Å². The molecule has 14 heteroatoms. The summed E-state index contributed by atoms with van der Waals surface area (Å²) in [4.78, 5) is 20.0. The lowest BCUT2D eigenvalue weighted by Crippen LogP contribution is -2.28. The number of benzene rings is 3. The summed E-state index contributed by atoms with van der Waals surface area (Å²) in [5.74, 6) is 0.609. The second kappa shape index (κ2) is 11.7. The summed E-state index contributed by atoms with van der Waals surface area (Å²) in [6, 6.07) is 16.2. The number of carbonyl (C=O) groups is 1. The fourth-order valence-corrected chi connectivity index (χ4v) is 4.40. The SMILES string of the molecule is Nc1nc(N)c(-c2ccc(Cl)c(Cl)c2)c(COc2cccc(CNC(=O)Nc3cccc(S(=O)(=O)F)c3)c2)n1. The van der Waals surface area contributed by atoms with E-state index in [2.05, 4.69) is 20.6 Å². The molecule has 0 saturated heterocycles. The van der Waals surface area contributed by atoms with Gasteiger partial charge < -0.3 is 26.8 Å². The molecule has 0 atom stereocenters. The molecule has 10 nitrogen and oxygen atoms in total. The summed E-state index contributed by atoms with van der Waals surface area (Å²) in [5.41, 5.74) is 14.3. The van der Waals surface area contributed by atoms with Crippen LogP contribution in [0.1, 0.15) is 11.3 Å². The number of urea groups is 1. The molecule has 0 radical (unpaired) electrons. The van der Waals surface area contributed by atoms with Crippen LogP contribution in [0.4, 0.5) is 26.1 Å². The summed E-state index contributed by atoms with van der Waals surface area (Å²) in [6.07, 6.45) is 0. The van der Waals surface area contributed by atoms with Gasteiger partial charge in [0.15, 0.2) is 0 Å². The van der Waals surface area contributed by atoms with E-state index in [0.29, 0.717) is 38.2 Å². The normalized spacial score (nSPS) is 11.2. The van der Waals surface area contributed by atoms with Gasteiger partial charge in [-0.25, -0.2) is 9.78 Å². The fraction of sp³-hybridized carbons (Fsp3) is 0.0800. The lowest BCUT2D eigenvalue weighted by atomic mass is 10.0. The quantitative estimate of drug-likeness (QED) is 0.204. The summed E-state index contributed by atoms with van der Waals surface area (Å²) >= 11 is 12.2. The number of ether oxygens (including phenoxy) is 1. The van der Waals surface area contributed by atoms with Gasteiger partial charge >= 0.3 is 16.3 Å². The van der Waals surface area contributed by atoms with Crippen LogP contribution in [0, 0.1) is 0 Å². The highest BCUT2D eigenvalue weighted by atomic mass is 35.5. The molecule has 3 aromatic carbocycles. The predicted octanol–water partition coefficient (Wildman–Crippen LogP) is 5.17. The molecule has 1 aromatic heterocycles. The molecule has 0 aliphatic carbocycles. The van der Waals surface area contributed by atoms with E-state index in [9.17, 15) is 17.1 Å². The van der Waals surface area contributed by atoms with Crippen molar-refractivity contribution in [2.24, 2.45) is 0 Å². The number of nitrogens with one attached hydrogen (secondary N) is 2. The van der Waals surface area contributed by atoms with Crippen LogP contribution >= 0.6 is 23.2 Å². The number of nitrogens with zero attached hydrogens (tertiary/aromatic N) is 2. The van der Waals surface area contributed by atoms with Gasteiger partial charge in [0.25, 0.3) is 0 Å². The molecule has 0 bridgehead atoms. The maximum absolute atomic E-state index is 13.2. The van der Waals surface area contributed by atoms with E-state index < -0.39 is 21.1 Å². The molecule has 2 amide bonds. The maximum atomic E-state index is 13.2. The van der Waals surface area contributed by atoms with Gasteiger partial charge in [-0.15, -0.1) is 3.89 Å². The number of nitrogen functional groups attached to an aromatic ring is 2. The highest BCUT2D eigenvalue weighted by molar-refractivity contribution is 7.86. The minimum Gasteiger partial charge on any atom is -0.487 e. The van der Waals surface area contributed by atoms with Crippen molar-refractivity contribution in [3.05, 3.63) is 88.0 Å². The molecule has 0 saturated carbocycles. The predicted molar refractivity (Wildman–Crippen MR) is 148 cm³/mol. The van der Waals surface area contributed by atoms with Crippen LogP contribution < -0.4 is 26.8 Å². The van der Waals surface area contributed by atoms with Crippen LogP contribution in [0.2, 0.25) is 10.0 Å². The number of amides is 2. The van der Waals surface area contributed by atoms with Crippen molar-refractivity contribution >= 4 is 56.9 Å². The average molecular weight is 591 g/mol. The topological polar surface area (TPSA) is 162 Å². The van der Waals surface area contributed by atoms with Gasteiger partial charge in [0.2, 0.25) is 5.95 Å². The molecule has 0 spiro atoms. The molecule has 4 aromatic rings. The highest BCUT2D eigenvalue weighted by Crippen LogP contribution is 2.33. The Morgan fingerprint density at radius 2 is 1.74 bits per heavy atom. The number of nitrogens with two attached hydrogens (primary N) is 2. The number of carbonyl (C=O) groups excluding carboxylic acids is 1. The minimum absolute atomic E-state index is 0.00230. The molecule has 4 rings (SSSR count). The van der Waals surface area contributed by atoms with Gasteiger partial charge in [0.1, 0.15) is 23.1 Å². The van der Waals surface area contributed by atoms with E-state index in [4.69, 9.17) is 39.4 Å². The van der Waals surface area contributed by atoms with Crippen molar-refractivity contribution in [2.75, 3.05) is 16.8 Å². The Hall–Kier alpha value is -4.13. The summed E-state index contributed by atoms with van der Waals surface area (Å²) in [5, 5.41) is 5.81. The molecular weight excluding hydrogens is 570 g/mol. The van der Waals surface area contributed by atoms with E-state index in [1.807, 2.05) is 0 Å². The minimum atomic E-state index is -4.89. The van der Waals surface area contributed by atoms with Crippen molar-refractivity contribution in [3.8, 4) is 16.9 Å². The number of hydrogen-bond acceptors (Lipinski definition) is 8. The van der Waals surface area contributed by atoms with Crippen LogP contribution in [-0.4, -0.2) is 24.4 Å². The van der Waals surface area contributed by atoms with Crippen molar-refractivity contribution in [1.29, 1.82) is 0 Å². The third-order valence-corrected chi connectivity index (χ3v) is 6.89. The zero-order valence-corrected chi connectivity index (χ0v) is 22.3. The van der Waals surface area contributed by atoms with Crippen molar-refractivity contribution in [3.63, 3.8) is 0 Å². The Morgan fingerprint density at radius 3 is 2.49 bits per heavy atom. The Bertz CT molecular complexity index is 1660. The molecule has 1 heterocycles. The average Bonchev–Trinajstić information content (AvgIpc) is 2.88. The molecule has 0 aliphatic rings. The first-order chi connectivity index (χ1) is 18.5. The smallest absolute Gasteiger partial charge is 0.332 e. The fourth-order valence-electron chi connectivity index (χ4n) is 3.60. The van der Waals surface area contributed by atoms with E-state index >= 15 is 0 Å². The number of aromatic nitrogens is 2. The van der Waals surface area contributed by atoms with Gasteiger partial charge in [0, 0.05) is 17.8 Å². The van der Waals surface area contributed by atoms with Crippen LogP contribution in [0.3, 0.4) is 0 Å². The zero-order chi connectivity index (χ0) is 28.2. The highest BCUT2D eigenvalue weighted by Gasteiger charge is 2.16. The van der Waals surface area contributed by atoms with Crippen LogP contribution in [0.15, 0.2) is 71.6 Å². The molecule has 0 fully saturated rings. The Balaban J connectivity index is 1.43. The largest absolute Gasteiger partial charge is 0.487 e. The number of anilines is 3. The summed E-state index contributed by atoms with van der Waals surface area (Å²) < 4.78 is 41.3. The van der Waals surface area contributed by atoms with Crippen molar-refractivity contribution in [1.82, 2.24) is 15.3 Å². The number of rotatable bonds is 8. The molecule has 39 heavy (non-hydrogen) atoms. The van der Waals surface area contributed by atoms with Gasteiger partial charge in [-0.05, 0) is 53.6 Å². The van der Waals surface area contributed by atoms with E-state index in [1.165, 1.54) is 12.1 Å². The van der Waals surface area contributed by atoms with Gasteiger partial charge in [-0.3, -0.25) is 0 Å². The third kappa shape index (κ3) is 7.25. The van der Waals surface area contributed by atoms with Gasteiger partial charge in [-0.1, -0.05) is 47.5 Å². The van der Waals surface area contributed by atoms with E-state index in [1.54, 1.807) is 42.5 Å². The Kier molecular flexibility index (Phi) is 8.38. The van der Waals surface area contributed by atoms with Crippen LogP contribution in [-0.2, 0) is 23.4 Å². The third-order valence-electron chi connectivity index (χ3n) is 5.34. The second-order valence-corrected chi connectivity index (χ2v) is 10.3. The van der Waals surface area contributed by atoms with E-state index in [0.717, 1.165) is 12.1 Å². The number of hydrogen-bond donors (Lipinski definition) is 4. The van der Waals surface area contributed by atoms with Crippen LogP contribution in [0.25, 0.3) is 11.1 Å². The maximum Gasteiger partial charge on any atom is 0.332 e. The molecular formula is C25H21Cl2FN6O4S. The molecule has 0 unspecified atom stereocenters.